The number of carbonyl (C=O) groups is 1. The number of carbonyl (C=O) groups excluding carboxylic acids is 1. The highest BCUT2D eigenvalue weighted by Crippen LogP contribution is 2.36. The quantitative estimate of drug-likeness (QED) is 0.577. The molecule has 0 aliphatic carbocycles. The highest BCUT2D eigenvalue weighted by Gasteiger charge is 2.33. The lowest BCUT2D eigenvalue weighted by atomic mass is 10.1. The second-order valence-corrected chi connectivity index (χ2v) is 8.25. The number of thiophene rings is 1. The van der Waals surface area contributed by atoms with Gasteiger partial charge in [0.2, 0.25) is 0 Å². The molecule has 1 aromatic carbocycles. The third kappa shape index (κ3) is 4.10. The number of hydrogen-bond donors (Lipinski definition) is 1. The number of amides is 1. The highest BCUT2D eigenvalue weighted by atomic mass is 35.5. The standard InChI is InChI=1S/C20H17ClF3N3O2S/c1-11-13-3-5-16(20(22,23)24)26-19(13)30-17(11)18(28)25-14-10-12(21)2-4-15(14)27-6-8-29-9-7-27/h2-5,10H,6-9H2,1H3,(H,25,28). The van der Waals surface area contributed by atoms with E-state index < -0.39 is 17.8 Å². The Hall–Kier alpha value is -2.36. The minimum atomic E-state index is -4.54. The van der Waals surface area contributed by atoms with E-state index in [0.717, 1.165) is 23.1 Å². The van der Waals surface area contributed by atoms with Crippen LogP contribution in [0.15, 0.2) is 30.3 Å². The molecule has 0 bridgehead atoms. The van der Waals surface area contributed by atoms with E-state index in [4.69, 9.17) is 16.3 Å². The van der Waals surface area contributed by atoms with E-state index in [2.05, 4.69) is 15.2 Å². The number of hydrogen-bond acceptors (Lipinski definition) is 5. The summed E-state index contributed by atoms with van der Waals surface area (Å²) in [4.78, 5) is 19.3. The average Bonchev–Trinajstić information content (AvgIpc) is 3.04. The summed E-state index contributed by atoms with van der Waals surface area (Å²) < 4.78 is 44.3. The molecular formula is C20H17ClF3N3O2S. The number of ether oxygens (including phenoxy) is 1. The van der Waals surface area contributed by atoms with Gasteiger partial charge in [-0.05, 0) is 42.8 Å². The van der Waals surface area contributed by atoms with Crippen LogP contribution in [0.1, 0.15) is 20.9 Å². The van der Waals surface area contributed by atoms with Crippen molar-refractivity contribution in [2.24, 2.45) is 0 Å². The third-order valence-corrected chi connectivity index (χ3v) is 6.29. The molecule has 3 heterocycles. The number of pyridine rings is 1. The predicted octanol–water partition coefficient (Wildman–Crippen LogP) is 5.37. The summed E-state index contributed by atoms with van der Waals surface area (Å²) in [6.07, 6.45) is -4.54. The van der Waals surface area contributed by atoms with Crippen LogP contribution in [0, 0.1) is 6.92 Å². The van der Waals surface area contributed by atoms with Gasteiger partial charge in [-0.2, -0.15) is 13.2 Å². The Morgan fingerprint density at radius 3 is 2.67 bits per heavy atom. The zero-order valence-corrected chi connectivity index (χ0v) is 17.4. The Labute approximate surface area is 179 Å². The number of morpholine rings is 1. The van der Waals surface area contributed by atoms with Crippen LogP contribution in [-0.2, 0) is 10.9 Å². The van der Waals surface area contributed by atoms with Crippen LogP contribution in [0.3, 0.4) is 0 Å². The summed E-state index contributed by atoms with van der Waals surface area (Å²) in [6, 6.07) is 7.52. The summed E-state index contributed by atoms with van der Waals surface area (Å²) in [5.74, 6) is -0.416. The van der Waals surface area contributed by atoms with Crippen molar-refractivity contribution in [3.05, 3.63) is 51.5 Å². The molecule has 5 nitrogen and oxygen atoms in total. The molecule has 1 N–H and O–H groups in total. The van der Waals surface area contributed by atoms with Gasteiger partial charge >= 0.3 is 6.18 Å². The largest absolute Gasteiger partial charge is 0.433 e. The Balaban J connectivity index is 1.66. The SMILES string of the molecule is Cc1c(C(=O)Nc2cc(Cl)ccc2N2CCOCC2)sc2nc(C(F)(F)F)ccc12. The lowest BCUT2D eigenvalue weighted by Gasteiger charge is -2.30. The number of anilines is 2. The molecule has 4 rings (SSSR count). The van der Waals surface area contributed by atoms with Crippen LogP contribution in [-0.4, -0.2) is 37.2 Å². The number of rotatable bonds is 3. The second kappa shape index (κ2) is 8.05. The smallest absolute Gasteiger partial charge is 0.378 e. The molecule has 1 saturated heterocycles. The summed E-state index contributed by atoms with van der Waals surface area (Å²) in [7, 11) is 0. The maximum absolute atomic E-state index is 13.0. The summed E-state index contributed by atoms with van der Waals surface area (Å²) in [6.45, 7) is 4.22. The molecule has 1 aliphatic rings. The maximum Gasteiger partial charge on any atom is 0.433 e. The molecular weight excluding hydrogens is 439 g/mol. The molecule has 2 aromatic heterocycles. The number of aryl methyl sites for hydroxylation is 1. The van der Waals surface area contributed by atoms with E-state index in [1.165, 1.54) is 6.07 Å². The van der Waals surface area contributed by atoms with Crippen LogP contribution in [0.2, 0.25) is 5.02 Å². The number of alkyl halides is 3. The maximum atomic E-state index is 13.0. The summed E-state index contributed by atoms with van der Waals surface area (Å²) in [5, 5.41) is 3.86. The van der Waals surface area contributed by atoms with Crippen molar-refractivity contribution in [2.45, 2.75) is 13.1 Å². The van der Waals surface area contributed by atoms with Gasteiger partial charge in [0.15, 0.2) is 0 Å². The first kappa shape index (κ1) is 20.9. The van der Waals surface area contributed by atoms with Crippen molar-refractivity contribution in [1.82, 2.24) is 4.98 Å². The molecule has 10 heteroatoms. The first-order chi connectivity index (χ1) is 14.2. The fourth-order valence-electron chi connectivity index (χ4n) is 3.34. The van der Waals surface area contributed by atoms with Gasteiger partial charge in [-0.1, -0.05) is 11.6 Å². The predicted molar refractivity (Wildman–Crippen MR) is 112 cm³/mol. The Morgan fingerprint density at radius 1 is 1.23 bits per heavy atom. The van der Waals surface area contributed by atoms with Gasteiger partial charge in [0.05, 0.1) is 29.5 Å². The van der Waals surface area contributed by atoms with Gasteiger partial charge in [-0.15, -0.1) is 11.3 Å². The van der Waals surface area contributed by atoms with Gasteiger partial charge in [0.1, 0.15) is 10.5 Å². The summed E-state index contributed by atoms with van der Waals surface area (Å²) >= 11 is 7.07. The number of fused-ring (bicyclic) bond motifs is 1. The van der Waals surface area contributed by atoms with Gasteiger partial charge in [-0.25, -0.2) is 4.98 Å². The van der Waals surface area contributed by atoms with Crippen LogP contribution in [0.25, 0.3) is 10.2 Å². The lowest BCUT2D eigenvalue weighted by Crippen LogP contribution is -2.36. The monoisotopic (exact) mass is 455 g/mol. The van der Waals surface area contributed by atoms with Crippen molar-refractivity contribution in [1.29, 1.82) is 0 Å². The van der Waals surface area contributed by atoms with Gasteiger partial charge in [0.25, 0.3) is 5.91 Å². The molecule has 0 spiro atoms. The Bertz CT molecular complexity index is 1110. The fraction of sp³-hybridized carbons (Fsp3) is 0.300. The van der Waals surface area contributed by atoms with E-state index in [1.807, 2.05) is 6.07 Å². The van der Waals surface area contributed by atoms with Gasteiger partial charge in [-0.3, -0.25) is 4.79 Å². The van der Waals surface area contributed by atoms with Crippen LogP contribution < -0.4 is 10.2 Å². The van der Waals surface area contributed by atoms with Crippen molar-refractivity contribution in [3.8, 4) is 0 Å². The third-order valence-electron chi connectivity index (χ3n) is 4.86. The zero-order chi connectivity index (χ0) is 21.5. The first-order valence-corrected chi connectivity index (χ1v) is 10.3. The fourth-order valence-corrected chi connectivity index (χ4v) is 4.59. The summed E-state index contributed by atoms with van der Waals surface area (Å²) in [5.41, 5.74) is 0.957. The van der Waals surface area contributed by atoms with Gasteiger partial charge in [0, 0.05) is 23.5 Å². The van der Waals surface area contributed by atoms with Crippen LogP contribution >= 0.6 is 22.9 Å². The molecule has 0 radical (unpaired) electrons. The van der Waals surface area contributed by atoms with Crippen LogP contribution in [0.5, 0.6) is 0 Å². The minimum absolute atomic E-state index is 0.173. The molecule has 3 aromatic rings. The zero-order valence-electron chi connectivity index (χ0n) is 15.8. The molecule has 1 aliphatic heterocycles. The van der Waals surface area contributed by atoms with Gasteiger partial charge < -0.3 is 15.0 Å². The Kier molecular flexibility index (Phi) is 5.61. The molecule has 1 amide bonds. The van der Waals surface area contributed by atoms with E-state index in [0.29, 0.717) is 52.8 Å². The minimum Gasteiger partial charge on any atom is -0.378 e. The lowest BCUT2D eigenvalue weighted by molar-refractivity contribution is -0.140. The topological polar surface area (TPSA) is 54.5 Å². The Morgan fingerprint density at radius 2 is 1.97 bits per heavy atom. The molecule has 0 unspecified atom stereocenters. The van der Waals surface area contributed by atoms with Crippen molar-refractivity contribution in [2.75, 3.05) is 36.5 Å². The van der Waals surface area contributed by atoms with E-state index in [1.54, 1.807) is 19.1 Å². The number of benzene rings is 1. The number of halogens is 4. The molecule has 30 heavy (non-hydrogen) atoms. The van der Waals surface area contributed by atoms with Crippen molar-refractivity contribution in [3.63, 3.8) is 0 Å². The van der Waals surface area contributed by atoms with E-state index in [9.17, 15) is 18.0 Å². The number of nitrogens with zero attached hydrogens (tertiary/aromatic N) is 2. The molecule has 1 fully saturated rings. The van der Waals surface area contributed by atoms with Crippen molar-refractivity contribution < 1.29 is 22.7 Å². The molecule has 0 atom stereocenters. The van der Waals surface area contributed by atoms with E-state index in [-0.39, 0.29) is 4.83 Å². The first-order valence-electron chi connectivity index (χ1n) is 9.15. The molecule has 0 saturated carbocycles. The van der Waals surface area contributed by atoms with Crippen molar-refractivity contribution >= 4 is 50.4 Å². The van der Waals surface area contributed by atoms with Crippen LogP contribution in [0.4, 0.5) is 24.5 Å². The highest BCUT2D eigenvalue weighted by molar-refractivity contribution is 7.20. The average molecular weight is 456 g/mol. The second-order valence-electron chi connectivity index (χ2n) is 6.82. The normalized spacial score (nSPS) is 14.9. The number of nitrogens with one attached hydrogen (secondary N) is 1. The van der Waals surface area contributed by atoms with E-state index >= 15 is 0 Å². The number of aromatic nitrogens is 1. The molecule has 158 valence electrons.